The Labute approximate surface area is 416 Å². The van der Waals surface area contributed by atoms with Gasteiger partial charge in [-0.1, -0.05) is 133 Å². The lowest BCUT2D eigenvalue weighted by atomic mass is 9.36. The molecule has 10 aromatic rings. The van der Waals surface area contributed by atoms with Gasteiger partial charge in [0.15, 0.2) is 0 Å². The van der Waals surface area contributed by atoms with Crippen LogP contribution in [0.15, 0.2) is 168 Å². The predicted molar refractivity (Wildman–Crippen MR) is 301 cm³/mol. The third-order valence-electron chi connectivity index (χ3n) is 16.1. The fraction of sp³-hybridized carbons (Fsp3) is 0.219. The van der Waals surface area contributed by atoms with E-state index in [0.29, 0.717) is 0 Å². The Hall–Kier alpha value is -7.02. The Morgan fingerprint density at radius 2 is 1.14 bits per heavy atom. The second-order valence-corrected chi connectivity index (χ2v) is 23.6. The molecule has 2 aliphatic heterocycles. The van der Waals surface area contributed by atoms with Crippen LogP contribution < -0.4 is 30.4 Å². The number of hydrogen-bond donors (Lipinski definition) is 0. The Bertz CT molecular complexity index is 3690. The summed E-state index contributed by atoms with van der Waals surface area (Å²) in [6.07, 6.45) is 2.33. The Morgan fingerprint density at radius 1 is 0.543 bits per heavy atom. The molecule has 0 spiro atoms. The molecule has 13 rings (SSSR count). The molecule has 3 aliphatic rings. The fourth-order valence-electron chi connectivity index (χ4n) is 12.3. The van der Waals surface area contributed by atoms with Crippen molar-refractivity contribution in [1.82, 2.24) is 0 Å². The summed E-state index contributed by atoms with van der Waals surface area (Å²) >= 11 is 2.00. The molecule has 8 aromatic carbocycles. The molecule has 0 bridgehead atoms. The lowest BCUT2D eigenvalue weighted by Crippen LogP contribution is -2.60. The smallest absolute Gasteiger partial charge is 0.264 e. The van der Waals surface area contributed by atoms with Crippen LogP contribution in [0.3, 0.4) is 0 Å². The maximum absolute atomic E-state index is 6.84. The molecule has 0 saturated carbocycles. The lowest BCUT2D eigenvalue weighted by molar-refractivity contribution is 0.332. The van der Waals surface area contributed by atoms with Crippen LogP contribution in [0.4, 0.5) is 51.2 Å². The van der Waals surface area contributed by atoms with Gasteiger partial charge < -0.3 is 19.1 Å². The molecule has 0 saturated heterocycles. The van der Waals surface area contributed by atoms with Gasteiger partial charge in [-0.15, -0.1) is 11.3 Å². The van der Waals surface area contributed by atoms with E-state index in [2.05, 4.69) is 241 Å². The Morgan fingerprint density at radius 3 is 1.79 bits per heavy atom. The maximum Gasteiger partial charge on any atom is 0.264 e. The molecule has 4 heterocycles. The fourth-order valence-corrected chi connectivity index (χ4v) is 13.6. The van der Waals surface area contributed by atoms with Gasteiger partial charge in [-0.05, 0) is 161 Å². The number of hydrogen-bond acceptors (Lipinski definition) is 5. The molecule has 6 heteroatoms. The number of furan rings is 1. The van der Waals surface area contributed by atoms with E-state index in [1.165, 1.54) is 88.5 Å². The van der Waals surface area contributed by atoms with Gasteiger partial charge in [0.05, 0.1) is 17.1 Å². The average molecular weight is 928 g/mol. The first-order chi connectivity index (χ1) is 33.7. The molecule has 0 unspecified atom stereocenters. The maximum atomic E-state index is 6.84. The number of nitrogens with zero attached hydrogens (tertiary/aromatic N) is 3. The van der Waals surface area contributed by atoms with Crippen molar-refractivity contribution in [2.75, 3.05) is 14.7 Å². The third kappa shape index (κ3) is 6.41. The normalized spacial score (nSPS) is 15.5. The second-order valence-electron chi connectivity index (χ2n) is 22.5. The minimum atomic E-state index is -0.0790. The zero-order valence-corrected chi connectivity index (χ0v) is 42.6. The van der Waals surface area contributed by atoms with Crippen molar-refractivity contribution in [2.45, 2.75) is 91.4 Å². The highest BCUT2D eigenvalue weighted by Gasteiger charge is 2.47. The number of para-hydroxylation sites is 4. The summed E-state index contributed by atoms with van der Waals surface area (Å²) in [4.78, 5) is 7.70. The van der Waals surface area contributed by atoms with E-state index in [-0.39, 0.29) is 23.0 Å². The third-order valence-corrected chi connectivity index (χ3v) is 17.3. The zero-order chi connectivity index (χ0) is 48.0. The van der Waals surface area contributed by atoms with Gasteiger partial charge in [-0.25, -0.2) is 0 Å². The highest BCUT2D eigenvalue weighted by atomic mass is 32.1. The molecule has 0 atom stereocenters. The summed E-state index contributed by atoms with van der Waals surface area (Å²) in [5, 5.41) is 3.59. The van der Waals surface area contributed by atoms with Gasteiger partial charge in [-0.3, -0.25) is 0 Å². The molecule has 344 valence electrons. The molecule has 4 nitrogen and oxygen atoms in total. The van der Waals surface area contributed by atoms with Crippen molar-refractivity contribution < 1.29 is 4.42 Å². The summed E-state index contributed by atoms with van der Waals surface area (Å²) in [5.41, 5.74) is 21.8. The predicted octanol–water partition coefficient (Wildman–Crippen LogP) is 16.6. The zero-order valence-electron chi connectivity index (χ0n) is 41.7. The quantitative estimate of drug-likeness (QED) is 0.160. The van der Waals surface area contributed by atoms with Crippen LogP contribution in [0.1, 0.15) is 89.1 Å². The van der Waals surface area contributed by atoms with Gasteiger partial charge in [0.2, 0.25) is 0 Å². The summed E-state index contributed by atoms with van der Waals surface area (Å²) < 4.78 is 9.56. The summed E-state index contributed by atoms with van der Waals surface area (Å²) in [6.45, 7) is 21.2. The SMILES string of the molecule is Cc1cccc(C)c1N1c2cc3c(cc2B2c4sc5cc6c(cc5c4N(c4ccc(C(C)(C)C)cc4)c4cc(N(c5ccccc5)c5ccccc5)cc1c42)C(C)(C)CCC6(C)C)oc1ccccc13. The van der Waals surface area contributed by atoms with E-state index < -0.39 is 0 Å². The van der Waals surface area contributed by atoms with E-state index in [4.69, 9.17) is 4.42 Å². The molecule has 0 fully saturated rings. The van der Waals surface area contributed by atoms with Gasteiger partial charge in [0, 0.05) is 59.8 Å². The van der Waals surface area contributed by atoms with Crippen molar-refractivity contribution in [1.29, 1.82) is 0 Å². The highest BCUT2D eigenvalue weighted by molar-refractivity contribution is 7.33. The van der Waals surface area contributed by atoms with Crippen molar-refractivity contribution in [3.8, 4) is 0 Å². The van der Waals surface area contributed by atoms with Gasteiger partial charge in [-0.2, -0.15) is 0 Å². The molecule has 2 aromatic heterocycles. The first-order valence-electron chi connectivity index (χ1n) is 25.1. The number of anilines is 9. The number of rotatable bonds is 5. The topological polar surface area (TPSA) is 22.9 Å². The van der Waals surface area contributed by atoms with Gasteiger partial charge in [0.1, 0.15) is 11.2 Å². The van der Waals surface area contributed by atoms with E-state index in [0.717, 1.165) is 51.1 Å². The summed E-state index contributed by atoms with van der Waals surface area (Å²) in [6, 6.07) is 61.5. The first kappa shape index (κ1) is 43.0. The Kier molecular flexibility index (Phi) is 9.37. The van der Waals surface area contributed by atoms with Crippen LogP contribution in [-0.2, 0) is 16.2 Å². The molecule has 0 radical (unpaired) electrons. The van der Waals surface area contributed by atoms with Crippen LogP contribution in [0.5, 0.6) is 0 Å². The lowest BCUT2D eigenvalue weighted by Gasteiger charge is -2.45. The van der Waals surface area contributed by atoms with Gasteiger partial charge >= 0.3 is 0 Å². The average Bonchev–Trinajstić information content (AvgIpc) is 3.91. The van der Waals surface area contributed by atoms with Crippen molar-refractivity contribution in [3.63, 3.8) is 0 Å². The van der Waals surface area contributed by atoms with Crippen molar-refractivity contribution >= 4 is 117 Å². The highest BCUT2D eigenvalue weighted by Crippen LogP contribution is 2.54. The van der Waals surface area contributed by atoms with Crippen LogP contribution in [0.25, 0.3) is 32.0 Å². The second kappa shape index (κ2) is 15.2. The van der Waals surface area contributed by atoms with Crippen molar-refractivity contribution in [3.05, 3.63) is 192 Å². The molecule has 0 N–H and O–H groups in total. The minimum Gasteiger partial charge on any atom is -0.456 e. The number of aryl methyl sites for hydroxylation is 2. The summed E-state index contributed by atoms with van der Waals surface area (Å²) in [7, 11) is 0. The largest absolute Gasteiger partial charge is 0.456 e. The molecule has 1 aliphatic carbocycles. The molecular weight excluding hydrogens is 870 g/mol. The van der Waals surface area contributed by atoms with Crippen LogP contribution in [0.2, 0.25) is 0 Å². The van der Waals surface area contributed by atoms with E-state index >= 15 is 0 Å². The molecular formula is C64H58BN3OS. The van der Waals surface area contributed by atoms with Crippen LogP contribution >= 0.6 is 11.3 Å². The van der Waals surface area contributed by atoms with E-state index in [1.54, 1.807) is 0 Å². The first-order valence-corrected chi connectivity index (χ1v) is 25.9. The van der Waals surface area contributed by atoms with Gasteiger partial charge in [0.25, 0.3) is 6.71 Å². The monoisotopic (exact) mass is 927 g/mol. The number of thiophene rings is 1. The Balaban J connectivity index is 1.21. The standard InChI is InChI=1S/C64H58BN3OS/c1-39-19-18-20-40(2)59(39)68-52-36-47-46-25-16-17-26-55(46)69-56(47)38-51(52)65-58-53(33-45(34-54(58)68)66(42-21-12-10-13-22-42)43-23-14-11-15-24-43)67(44-29-27-41(28-30-44)62(3,4)5)60-48-35-49-50(37-57(48)70-61(60)65)64(8,9)32-31-63(49,6)7/h10-30,33-38H,31-32H2,1-9H3. The van der Waals surface area contributed by atoms with Crippen molar-refractivity contribution in [2.24, 2.45) is 0 Å². The minimum absolute atomic E-state index is 0.00572. The molecule has 0 amide bonds. The number of benzene rings is 8. The summed E-state index contributed by atoms with van der Waals surface area (Å²) in [5.74, 6) is 0. The molecule has 70 heavy (non-hydrogen) atoms. The van der Waals surface area contributed by atoms with E-state index in [1.807, 2.05) is 11.3 Å². The van der Waals surface area contributed by atoms with Crippen LogP contribution in [0, 0.1) is 13.8 Å². The number of fused-ring (bicyclic) bond motifs is 10. The van der Waals surface area contributed by atoms with E-state index in [9.17, 15) is 0 Å². The van der Waals surface area contributed by atoms with Crippen LogP contribution in [-0.4, -0.2) is 6.71 Å².